The number of hydrogen-bond acceptors (Lipinski definition) is 6. The highest BCUT2D eigenvalue weighted by atomic mass is 35.5. The Bertz CT molecular complexity index is 1100. The molecule has 11 heteroatoms. The van der Waals surface area contributed by atoms with Gasteiger partial charge >= 0.3 is 11.7 Å². The maximum Gasteiger partial charge on any atom is 0.334 e. The van der Waals surface area contributed by atoms with Crippen LogP contribution in [0.2, 0.25) is 0 Å². The van der Waals surface area contributed by atoms with Crippen molar-refractivity contribution in [2.75, 3.05) is 17.8 Å². The molecule has 0 radical (unpaired) electrons. The Hall–Kier alpha value is -2.29. The normalized spacial score (nSPS) is 11.8. The average molecular weight is 505 g/mol. The van der Waals surface area contributed by atoms with E-state index in [2.05, 4.69) is 5.32 Å². The first kappa shape index (κ1) is 26.0. The fourth-order valence-electron chi connectivity index (χ4n) is 3.09. The molecule has 174 valence electrons. The van der Waals surface area contributed by atoms with Gasteiger partial charge in [-0.15, -0.1) is 11.6 Å². The highest BCUT2D eigenvalue weighted by Gasteiger charge is 2.23. The van der Waals surface area contributed by atoms with E-state index in [-0.39, 0.29) is 24.8 Å². The Labute approximate surface area is 200 Å². The lowest BCUT2D eigenvalue weighted by Gasteiger charge is -2.19. The second-order valence-electron chi connectivity index (χ2n) is 6.99. The van der Waals surface area contributed by atoms with Crippen LogP contribution in [0.15, 0.2) is 33.9 Å². The van der Waals surface area contributed by atoms with Gasteiger partial charge in [0.2, 0.25) is 0 Å². The van der Waals surface area contributed by atoms with E-state index in [1.165, 1.54) is 6.07 Å². The summed E-state index contributed by atoms with van der Waals surface area (Å²) in [5, 5.41) is 2.03. The van der Waals surface area contributed by atoms with Gasteiger partial charge in [0.25, 0.3) is 10.8 Å². The topological polar surface area (TPSA) is 99.4 Å². The molecule has 1 N–H and O–H groups in total. The second kappa shape index (κ2) is 12.1. The molecule has 1 atom stereocenters. The Morgan fingerprint density at radius 3 is 2.53 bits per heavy atom. The molecule has 0 aliphatic heterocycles. The molecular formula is C21H24Cl3N3O5. The van der Waals surface area contributed by atoms with Crippen LogP contribution in [0.25, 0.3) is 0 Å². The summed E-state index contributed by atoms with van der Waals surface area (Å²) in [6.45, 7) is 4.15. The van der Waals surface area contributed by atoms with Gasteiger partial charge < -0.3 is 10.1 Å². The summed E-state index contributed by atoms with van der Waals surface area (Å²) < 4.78 is 6.76. The van der Waals surface area contributed by atoms with E-state index >= 15 is 0 Å². The molecule has 0 saturated heterocycles. The average Bonchev–Trinajstić information content (AvgIpc) is 2.76. The number of aromatic nitrogens is 2. The van der Waals surface area contributed by atoms with Crippen LogP contribution in [0.3, 0.4) is 0 Å². The molecule has 0 amide bonds. The maximum atomic E-state index is 13.0. The Balaban J connectivity index is 2.35. The molecule has 0 spiro atoms. The van der Waals surface area contributed by atoms with Crippen LogP contribution in [0.5, 0.6) is 0 Å². The first-order valence-electron chi connectivity index (χ1n) is 9.97. The number of unbranched alkanes of at least 4 members (excludes halogenated alkanes) is 1. The minimum atomic E-state index is -1.51. The van der Waals surface area contributed by atoms with Crippen LogP contribution in [-0.2, 0) is 27.3 Å². The molecule has 1 aromatic carbocycles. The van der Waals surface area contributed by atoms with E-state index in [4.69, 9.17) is 39.5 Å². The fourth-order valence-corrected chi connectivity index (χ4v) is 3.45. The molecular weight excluding hydrogens is 481 g/mol. The second-order valence-corrected chi connectivity index (χ2v) is 8.05. The summed E-state index contributed by atoms with van der Waals surface area (Å²) >= 11 is 17.0. The minimum absolute atomic E-state index is 0.0426. The van der Waals surface area contributed by atoms with E-state index in [0.717, 1.165) is 26.7 Å². The third-order valence-electron chi connectivity index (χ3n) is 4.79. The quantitative estimate of drug-likeness (QED) is 0.217. The SMILES string of the molecule is CCc1cc(Nc2cc(=O)n(CCCCOC(=O)CCl)c(=O)n2C(Cl)C(=O)Cl)ccc1C. The molecule has 8 nitrogen and oxygen atoms in total. The Morgan fingerprint density at radius 2 is 1.91 bits per heavy atom. The van der Waals surface area contributed by atoms with E-state index in [0.29, 0.717) is 18.5 Å². The zero-order chi connectivity index (χ0) is 23.8. The lowest BCUT2D eigenvalue weighted by Crippen LogP contribution is -2.42. The fraction of sp³-hybridized carbons (Fsp3) is 0.429. The predicted molar refractivity (Wildman–Crippen MR) is 125 cm³/mol. The molecule has 0 bridgehead atoms. The van der Waals surface area contributed by atoms with Crippen molar-refractivity contribution >= 4 is 57.5 Å². The predicted octanol–water partition coefficient (Wildman–Crippen LogP) is 3.69. The highest BCUT2D eigenvalue weighted by molar-refractivity contribution is 6.68. The molecule has 1 unspecified atom stereocenters. The lowest BCUT2D eigenvalue weighted by atomic mass is 10.1. The van der Waals surface area contributed by atoms with Gasteiger partial charge in [0.05, 0.1) is 6.61 Å². The smallest absolute Gasteiger partial charge is 0.334 e. The monoisotopic (exact) mass is 503 g/mol. The largest absolute Gasteiger partial charge is 0.465 e. The molecule has 2 rings (SSSR count). The first-order valence-corrected chi connectivity index (χ1v) is 11.3. The van der Waals surface area contributed by atoms with Crippen molar-refractivity contribution in [1.82, 2.24) is 9.13 Å². The number of esters is 1. The number of anilines is 2. The van der Waals surface area contributed by atoms with Crippen molar-refractivity contribution in [3.63, 3.8) is 0 Å². The van der Waals surface area contributed by atoms with E-state index in [1.807, 2.05) is 26.0 Å². The number of carbonyl (C=O) groups is 2. The number of rotatable bonds is 11. The number of carbonyl (C=O) groups excluding carboxylic acids is 2. The van der Waals surface area contributed by atoms with Gasteiger partial charge in [0.1, 0.15) is 11.7 Å². The van der Waals surface area contributed by atoms with Crippen LogP contribution in [-0.4, -0.2) is 32.8 Å². The number of ether oxygens (including phenoxy) is 1. The molecule has 0 aliphatic carbocycles. The minimum Gasteiger partial charge on any atom is -0.465 e. The number of nitrogens with zero attached hydrogens (tertiary/aromatic N) is 2. The zero-order valence-corrected chi connectivity index (χ0v) is 20.0. The summed E-state index contributed by atoms with van der Waals surface area (Å²) in [6, 6.07) is 6.79. The molecule has 32 heavy (non-hydrogen) atoms. The number of hydrogen-bond donors (Lipinski definition) is 1. The molecule has 0 saturated carbocycles. The maximum absolute atomic E-state index is 13.0. The summed E-state index contributed by atoms with van der Waals surface area (Å²) in [5.41, 5.74) is -0.0458. The molecule has 0 fully saturated rings. The number of aryl methyl sites for hydroxylation is 2. The van der Waals surface area contributed by atoms with Crippen LogP contribution in [0.4, 0.5) is 11.5 Å². The van der Waals surface area contributed by atoms with Gasteiger partial charge in [0.15, 0.2) is 5.50 Å². The van der Waals surface area contributed by atoms with Crippen molar-refractivity contribution in [3.8, 4) is 0 Å². The van der Waals surface area contributed by atoms with Crippen molar-refractivity contribution < 1.29 is 14.3 Å². The molecule has 0 aliphatic rings. The van der Waals surface area contributed by atoms with Gasteiger partial charge in [0, 0.05) is 18.3 Å². The summed E-state index contributed by atoms with van der Waals surface area (Å²) in [6.07, 6.45) is 1.59. The Morgan fingerprint density at radius 1 is 1.19 bits per heavy atom. The van der Waals surface area contributed by atoms with Crippen molar-refractivity contribution in [2.24, 2.45) is 0 Å². The van der Waals surface area contributed by atoms with Crippen molar-refractivity contribution in [3.05, 3.63) is 56.2 Å². The summed E-state index contributed by atoms with van der Waals surface area (Å²) in [7, 11) is 0. The standard InChI is InChI=1S/C21H24Cl3N3O5/c1-3-14-10-15(7-6-13(14)2)25-16-11-17(28)26(8-4-5-9-32-18(29)12-22)21(31)27(16)19(23)20(24)30/h6-7,10-11,19,25H,3-5,8-9,12H2,1-2H3. The third kappa shape index (κ3) is 6.60. The van der Waals surface area contributed by atoms with Crippen LogP contribution in [0, 0.1) is 6.92 Å². The van der Waals surface area contributed by atoms with Crippen LogP contribution < -0.4 is 16.6 Å². The molecule has 1 aromatic heterocycles. The Kier molecular flexibility index (Phi) is 9.81. The van der Waals surface area contributed by atoms with E-state index in [9.17, 15) is 19.2 Å². The highest BCUT2D eigenvalue weighted by Crippen LogP contribution is 2.23. The van der Waals surface area contributed by atoms with Crippen LogP contribution >= 0.6 is 34.8 Å². The third-order valence-corrected chi connectivity index (χ3v) is 5.72. The number of benzene rings is 1. The van der Waals surface area contributed by atoms with Gasteiger partial charge in [-0.3, -0.25) is 23.5 Å². The van der Waals surface area contributed by atoms with Gasteiger partial charge in [-0.25, -0.2) is 4.79 Å². The van der Waals surface area contributed by atoms with Gasteiger partial charge in [-0.1, -0.05) is 24.6 Å². The van der Waals surface area contributed by atoms with Crippen molar-refractivity contribution in [1.29, 1.82) is 0 Å². The van der Waals surface area contributed by atoms with Crippen LogP contribution in [0.1, 0.15) is 36.4 Å². The number of alkyl halides is 2. The van der Waals surface area contributed by atoms with E-state index < -0.39 is 28.0 Å². The zero-order valence-electron chi connectivity index (χ0n) is 17.7. The van der Waals surface area contributed by atoms with Crippen molar-refractivity contribution in [2.45, 2.75) is 45.2 Å². The number of nitrogens with one attached hydrogen (secondary N) is 1. The van der Waals surface area contributed by atoms with E-state index in [1.54, 1.807) is 6.07 Å². The summed E-state index contributed by atoms with van der Waals surface area (Å²) in [4.78, 5) is 48.5. The number of halogens is 3. The molecule has 1 heterocycles. The lowest BCUT2D eigenvalue weighted by molar-refractivity contribution is -0.140. The summed E-state index contributed by atoms with van der Waals surface area (Å²) in [5.74, 6) is -0.745. The molecule has 2 aromatic rings. The van der Waals surface area contributed by atoms with Gasteiger partial charge in [-0.05, 0) is 61.0 Å². The first-order chi connectivity index (χ1) is 15.2. The van der Waals surface area contributed by atoms with Gasteiger partial charge in [-0.2, -0.15) is 0 Å².